The number of amidine groups is 1. The highest BCUT2D eigenvalue weighted by molar-refractivity contribution is 7.90. The Morgan fingerprint density at radius 3 is 2.87 bits per heavy atom. The maximum absolute atomic E-state index is 12.5. The number of hydrogen-bond donors (Lipinski definition) is 2. The Bertz CT molecular complexity index is 1250. The fourth-order valence-corrected chi connectivity index (χ4v) is 5.29. The second kappa shape index (κ2) is 8.17. The van der Waals surface area contributed by atoms with E-state index in [-0.39, 0.29) is 16.6 Å². The highest BCUT2D eigenvalue weighted by Gasteiger charge is 2.31. The van der Waals surface area contributed by atoms with Crippen LogP contribution in [0.1, 0.15) is 22.9 Å². The molecule has 0 aliphatic carbocycles. The Labute approximate surface area is 182 Å². The minimum atomic E-state index is -3.65. The summed E-state index contributed by atoms with van der Waals surface area (Å²) in [4.78, 5) is 22.2. The third kappa shape index (κ3) is 4.38. The molecular formula is C20H17ClN4O3S2. The normalized spacial score (nSPS) is 16.7. The number of nitrogens with zero attached hydrogens (tertiary/aromatic N) is 2. The zero-order valence-electron chi connectivity index (χ0n) is 15.8. The molecule has 1 aliphatic heterocycles. The average Bonchev–Trinajstić information content (AvgIpc) is 3.23. The quantitative estimate of drug-likeness (QED) is 0.608. The first-order valence-corrected chi connectivity index (χ1v) is 11.7. The summed E-state index contributed by atoms with van der Waals surface area (Å²) in [6.07, 6.45) is 2.36. The SMILES string of the molecule is C[C@@H](N=C1NS(=O)(=O)c2ccccc21)C(=O)Nc1ncc(Cc2cccc(Cl)c2)s1. The van der Waals surface area contributed by atoms with Gasteiger partial charge in [-0.2, -0.15) is 0 Å². The van der Waals surface area contributed by atoms with Gasteiger partial charge in [0.05, 0.1) is 4.90 Å². The molecule has 154 valence electrons. The van der Waals surface area contributed by atoms with Gasteiger partial charge in [0.25, 0.3) is 15.9 Å². The maximum Gasteiger partial charge on any atom is 0.263 e. The number of fused-ring (bicyclic) bond motifs is 1. The highest BCUT2D eigenvalue weighted by Crippen LogP contribution is 2.24. The van der Waals surface area contributed by atoms with Crippen molar-refractivity contribution in [2.45, 2.75) is 24.3 Å². The summed E-state index contributed by atoms with van der Waals surface area (Å²) in [5.74, 6) is -0.219. The van der Waals surface area contributed by atoms with Gasteiger partial charge in [0.15, 0.2) is 5.13 Å². The van der Waals surface area contributed by atoms with Gasteiger partial charge in [-0.3, -0.25) is 14.5 Å². The van der Waals surface area contributed by atoms with Crippen LogP contribution in [0.15, 0.2) is 64.6 Å². The van der Waals surface area contributed by atoms with E-state index in [1.807, 2.05) is 24.3 Å². The summed E-state index contributed by atoms with van der Waals surface area (Å²) >= 11 is 7.38. The number of amides is 1. The summed E-state index contributed by atoms with van der Waals surface area (Å²) in [5.41, 5.74) is 1.51. The summed E-state index contributed by atoms with van der Waals surface area (Å²) in [7, 11) is -3.65. The van der Waals surface area contributed by atoms with Crippen molar-refractivity contribution in [2.75, 3.05) is 5.32 Å². The van der Waals surface area contributed by atoms with Gasteiger partial charge in [0.1, 0.15) is 11.9 Å². The second-order valence-corrected chi connectivity index (χ2v) is 9.89. The number of carbonyl (C=O) groups is 1. The standard InChI is InChI=1S/C20H17ClN4O3S2/c1-12(23-18-16-7-2-3-8-17(16)30(27,28)25-18)19(26)24-20-22-11-15(29-20)10-13-5-4-6-14(21)9-13/h2-9,11-12H,10H2,1H3,(H,23,25)(H,22,24,26)/t12-/m1/s1. The van der Waals surface area contributed by atoms with E-state index in [1.165, 1.54) is 17.4 Å². The summed E-state index contributed by atoms with van der Waals surface area (Å²) in [5, 5.41) is 3.86. The molecule has 7 nitrogen and oxygen atoms in total. The number of rotatable bonds is 5. The number of halogens is 1. The third-order valence-electron chi connectivity index (χ3n) is 4.42. The van der Waals surface area contributed by atoms with Gasteiger partial charge in [-0.25, -0.2) is 13.4 Å². The lowest BCUT2D eigenvalue weighted by Crippen LogP contribution is -2.28. The van der Waals surface area contributed by atoms with E-state index in [1.54, 1.807) is 31.3 Å². The van der Waals surface area contributed by atoms with Crippen molar-refractivity contribution in [3.05, 3.63) is 75.8 Å². The molecule has 0 saturated carbocycles. The molecule has 1 aliphatic rings. The van der Waals surface area contributed by atoms with Crippen LogP contribution in [0.2, 0.25) is 5.02 Å². The van der Waals surface area contributed by atoms with Crippen LogP contribution < -0.4 is 10.0 Å². The second-order valence-electron chi connectivity index (χ2n) is 6.68. The fraction of sp³-hybridized carbons (Fsp3) is 0.150. The van der Waals surface area contributed by atoms with Crippen molar-refractivity contribution in [1.29, 1.82) is 0 Å². The number of hydrogen-bond acceptors (Lipinski definition) is 6. The van der Waals surface area contributed by atoms with E-state index in [2.05, 4.69) is 20.0 Å². The minimum Gasteiger partial charge on any atom is -0.300 e. The van der Waals surface area contributed by atoms with Gasteiger partial charge in [0, 0.05) is 28.1 Å². The first-order valence-electron chi connectivity index (χ1n) is 9.02. The molecule has 30 heavy (non-hydrogen) atoms. The van der Waals surface area contributed by atoms with Gasteiger partial charge in [0.2, 0.25) is 0 Å². The molecule has 0 spiro atoms. The monoisotopic (exact) mass is 460 g/mol. The van der Waals surface area contributed by atoms with Gasteiger partial charge in [-0.1, -0.05) is 35.9 Å². The zero-order chi connectivity index (χ0) is 21.3. The smallest absolute Gasteiger partial charge is 0.263 e. The lowest BCUT2D eigenvalue weighted by Gasteiger charge is -2.07. The topological polar surface area (TPSA) is 101 Å². The summed E-state index contributed by atoms with van der Waals surface area (Å²) < 4.78 is 26.7. The number of aliphatic imine (C=N–C) groups is 1. The molecule has 3 aromatic rings. The Hall–Kier alpha value is -2.75. The largest absolute Gasteiger partial charge is 0.300 e. The van der Waals surface area contributed by atoms with Crippen molar-refractivity contribution >= 4 is 49.8 Å². The van der Waals surface area contributed by atoms with Crippen molar-refractivity contribution < 1.29 is 13.2 Å². The van der Waals surface area contributed by atoms with E-state index in [0.29, 0.717) is 22.1 Å². The first-order chi connectivity index (χ1) is 14.3. The van der Waals surface area contributed by atoms with Crippen molar-refractivity contribution in [1.82, 2.24) is 9.71 Å². The number of nitrogens with one attached hydrogen (secondary N) is 2. The molecule has 4 rings (SSSR count). The van der Waals surface area contributed by atoms with Gasteiger partial charge >= 0.3 is 0 Å². The van der Waals surface area contributed by atoms with Crippen LogP contribution >= 0.6 is 22.9 Å². The molecule has 2 aromatic carbocycles. The number of benzene rings is 2. The molecule has 2 heterocycles. The lowest BCUT2D eigenvalue weighted by atomic mass is 10.1. The van der Waals surface area contributed by atoms with E-state index in [0.717, 1.165) is 10.4 Å². The fourth-order valence-electron chi connectivity index (χ4n) is 2.99. The summed E-state index contributed by atoms with van der Waals surface area (Å²) in [6.45, 7) is 1.60. The maximum atomic E-state index is 12.5. The first kappa shape index (κ1) is 20.5. The summed E-state index contributed by atoms with van der Waals surface area (Å²) in [6, 6.07) is 13.3. The molecule has 1 aromatic heterocycles. The lowest BCUT2D eigenvalue weighted by molar-refractivity contribution is -0.117. The predicted octanol–water partition coefficient (Wildman–Crippen LogP) is 3.45. The van der Waals surface area contributed by atoms with Crippen LogP contribution in [0, 0.1) is 0 Å². The molecular weight excluding hydrogens is 444 g/mol. The van der Waals surface area contributed by atoms with E-state index in [4.69, 9.17) is 11.6 Å². The number of carbonyl (C=O) groups excluding carboxylic acids is 1. The average molecular weight is 461 g/mol. The molecule has 0 unspecified atom stereocenters. The molecule has 10 heteroatoms. The number of thiazole rings is 1. The van der Waals surface area contributed by atoms with E-state index in [9.17, 15) is 13.2 Å². The van der Waals surface area contributed by atoms with Crippen LogP contribution in [-0.4, -0.2) is 31.2 Å². The predicted molar refractivity (Wildman–Crippen MR) is 118 cm³/mol. The van der Waals surface area contributed by atoms with Crippen LogP contribution in [0.25, 0.3) is 0 Å². The van der Waals surface area contributed by atoms with Gasteiger partial charge < -0.3 is 5.32 Å². The van der Waals surface area contributed by atoms with E-state index < -0.39 is 16.1 Å². The van der Waals surface area contributed by atoms with Crippen molar-refractivity contribution in [3.8, 4) is 0 Å². The highest BCUT2D eigenvalue weighted by atomic mass is 35.5. The van der Waals surface area contributed by atoms with Crippen LogP contribution in [-0.2, 0) is 21.2 Å². The minimum absolute atomic E-state index is 0.155. The van der Waals surface area contributed by atoms with Crippen LogP contribution in [0.4, 0.5) is 5.13 Å². The molecule has 0 radical (unpaired) electrons. The van der Waals surface area contributed by atoms with Gasteiger partial charge in [-0.15, -0.1) is 11.3 Å². The van der Waals surface area contributed by atoms with Crippen molar-refractivity contribution in [3.63, 3.8) is 0 Å². The number of anilines is 1. The number of sulfonamides is 1. The van der Waals surface area contributed by atoms with Crippen molar-refractivity contribution in [2.24, 2.45) is 4.99 Å². The number of aromatic nitrogens is 1. The third-order valence-corrected chi connectivity index (χ3v) is 6.96. The molecule has 2 N–H and O–H groups in total. The Kier molecular flexibility index (Phi) is 5.59. The van der Waals surface area contributed by atoms with Crippen LogP contribution in [0.3, 0.4) is 0 Å². The van der Waals surface area contributed by atoms with Gasteiger partial charge in [-0.05, 0) is 36.8 Å². The molecule has 0 saturated heterocycles. The Morgan fingerprint density at radius 1 is 1.27 bits per heavy atom. The molecule has 0 bridgehead atoms. The molecule has 1 atom stereocenters. The molecule has 1 amide bonds. The van der Waals surface area contributed by atoms with Crippen LogP contribution in [0.5, 0.6) is 0 Å². The zero-order valence-corrected chi connectivity index (χ0v) is 18.2. The molecule has 0 fully saturated rings. The van der Waals surface area contributed by atoms with E-state index >= 15 is 0 Å². The Morgan fingerprint density at radius 2 is 2.07 bits per heavy atom. The Balaban J connectivity index is 1.45.